The van der Waals surface area contributed by atoms with Crippen LogP contribution in [0.1, 0.15) is 5.56 Å². The average Bonchev–Trinajstić information content (AvgIpc) is 2.74. The summed E-state index contributed by atoms with van der Waals surface area (Å²) in [5.74, 6) is 1.64. The lowest BCUT2D eigenvalue weighted by molar-refractivity contribution is 0.374. The minimum absolute atomic E-state index is 0.0375. The van der Waals surface area contributed by atoms with E-state index in [-0.39, 0.29) is 5.75 Å². The van der Waals surface area contributed by atoms with Gasteiger partial charge in [0.25, 0.3) is 0 Å². The van der Waals surface area contributed by atoms with Gasteiger partial charge in [-0.15, -0.1) is 0 Å². The van der Waals surface area contributed by atoms with Crippen LogP contribution in [0.15, 0.2) is 72.8 Å². The van der Waals surface area contributed by atoms with Gasteiger partial charge in [0, 0.05) is 11.9 Å². The van der Waals surface area contributed by atoms with E-state index in [1.165, 1.54) is 12.7 Å². The van der Waals surface area contributed by atoms with Gasteiger partial charge < -0.3 is 15.2 Å². The average molecular weight is 371 g/mol. The number of phenolic OH excluding ortho intramolecular Hbond substituents is 1. The molecule has 0 amide bonds. The minimum Gasteiger partial charge on any atom is -0.504 e. The molecule has 0 saturated heterocycles. The fourth-order valence-electron chi connectivity index (χ4n) is 3.17. The molecule has 0 spiro atoms. The van der Waals surface area contributed by atoms with Crippen LogP contribution < -0.4 is 10.1 Å². The second-order valence-electron chi connectivity index (χ2n) is 6.43. The zero-order valence-electron chi connectivity index (χ0n) is 15.6. The highest BCUT2D eigenvalue weighted by atomic mass is 16.5. The van der Waals surface area contributed by atoms with E-state index in [1.807, 2.05) is 48.5 Å². The Hall–Kier alpha value is -3.60. The molecule has 0 unspecified atom stereocenters. The van der Waals surface area contributed by atoms with Gasteiger partial charge in [-0.2, -0.15) is 0 Å². The molecule has 0 bridgehead atoms. The van der Waals surface area contributed by atoms with Crippen molar-refractivity contribution in [3.8, 4) is 22.9 Å². The molecule has 0 aliphatic heterocycles. The van der Waals surface area contributed by atoms with E-state index < -0.39 is 0 Å². The standard InChI is InChI=1S/C23H21N3O2/c1-28-20-13-7-11-18(21(20)27)23-25-19-12-6-5-10-17(19)22(26-23)24-15-14-16-8-3-2-4-9-16/h2-13,27H,14-15H2,1H3,(H,24,25,26). The number of phenols is 1. The van der Waals surface area contributed by atoms with E-state index in [9.17, 15) is 5.11 Å². The maximum absolute atomic E-state index is 10.5. The van der Waals surface area contributed by atoms with Crippen molar-refractivity contribution in [3.05, 3.63) is 78.4 Å². The number of ether oxygens (including phenoxy) is 1. The minimum atomic E-state index is 0.0375. The van der Waals surface area contributed by atoms with Crippen molar-refractivity contribution in [2.45, 2.75) is 6.42 Å². The first kappa shape index (κ1) is 17.8. The second kappa shape index (κ2) is 7.96. The van der Waals surface area contributed by atoms with Crippen molar-refractivity contribution in [2.24, 2.45) is 0 Å². The molecule has 4 aromatic rings. The first-order chi connectivity index (χ1) is 13.8. The molecule has 0 atom stereocenters. The number of hydrogen-bond acceptors (Lipinski definition) is 5. The summed E-state index contributed by atoms with van der Waals surface area (Å²) >= 11 is 0. The highest BCUT2D eigenvalue weighted by Crippen LogP contribution is 2.36. The van der Waals surface area contributed by atoms with Gasteiger partial charge >= 0.3 is 0 Å². The summed E-state index contributed by atoms with van der Waals surface area (Å²) in [7, 11) is 1.52. The van der Waals surface area contributed by atoms with Crippen molar-refractivity contribution in [1.29, 1.82) is 0 Å². The third-order valence-electron chi connectivity index (χ3n) is 4.61. The summed E-state index contributed by atoms with van der Waals surface area (Å²) < 4.78 is 5.22. The fourth-order valence-corrected chi connectivity index (χ4v) is 3.17. The quantitative estimate of drug-likeness (QED) is 0.516. The predicted octanol–water partition coefficient (Wildman–Crippen LogP) is 4.67. The SMILES string of the molecule is COc1cccc(-c2nc(NCCc3ccccc3)c3ccccc3n2)c1O. The van der Waals surface area contributed by atoms with Gasteiger partial charge in [-0.3, -0.25) is 0 Å². The summed E-state index contributed by atoms with van der Waals surface area (Å²) in [6.07, 6.45) is 0.888. The van der Waals surface area contributed by atoms with Crippen LogP contribution in [0.4, 0.5) is 5.82 Å². The smallest absolute Gasteiger partial charge is 0.168 e. The predicted molar refractivity (Wildman–Crippen MR) is 112 cm³/mol. The Kier molecular flexibility index (Phi) is 5.06. The Morgan fingerprint density at radius 3 is 2.50 bits per heavy atom. The van der Waals surface area contributed by atoms with E-state index in [2.05, 4.69) is 22.4 Å². The van der Waals surface area contributed by atoms with E-state index >= 15 is 0 Å². The first-order valence-electron chi connectivity index (χ1n) is 9.17. The Labute approximate surface area is 163 Å². The molecule has 1 aromatic heterocycles. The Morgan fingerprint density at radius 1 is 0.893 bits per heavy atom. The number of rotatable bonds is 6. The van der Waals surface area contributed by atoms with Crippen LogP contribution in [-0.4, -0.2) is 28.7 Å². The number of methoxy groups -OCH3 is 1. The number of aromatic hydroxyl groups is 1. The summed E-state index contributed by atoms with van der Waals surface area (Å²) in [6.45, 7) is 0.745. The summed E-state index contributed by atoms with van der Waals surface area (Å²) in [5, 5.41) is 14.9. The molecule has 140 valence electrons. The van der Waals surface area contributed by atoms with Crippen LogP contribution in [0.3, 0.4) is 0 Å². The topological polar surface area (TPSA) is 67.3 Å². The molecule has 4 rings (SSSR count). The molecule has 28 heavy (non-hydrogen) atoms. The Bertz CT molecular complexity index is 1100. The summed E-state index contributed by atoms with van der Waals surface area (Å²) in [5.41, 5.74) is 2.62. The number of nitrogens with one attached hydrogen (secondary N) is 1. The van der Waals surface area contributed by atoms with E-state index in [0.29, 0.717) is 17.1 Å². The summed E-state index contributed by atoms with van der Waals surface area (Å²) in [6, 6.07) is 23.5. The normalized spacial score (nSPS) is 10.8. The number of anilines is 1. The lowest BCUT2D eigenvalue weighted by Crippen LogP contribution is -2.08. The van der Waals surface area contributed by atoms with Crippen LogP contribution in [-0.2, 0) is 6.42 Å². The molecule has 5 nitrogen and oxygen atoms in total. The van der Waals surface area contributed by atoms with Crippen LogP contribution in [0, 0.1) is 0 Å². The summed E-state index contributed by atoms with van der Waals surface area (Å²) in [4.78, 5) is 9.34. The number of nitrogens with zero attached hydrogens (tertiary/aromatic N) is 2. The third kappa shape index (κ3) is 3.60. The number of para-hydroxylation sites is 2. The van der Waals surface area contributed by atoms with Crippen molar-refractivity contribution in [2.75, 3.05) is 19.0 Å². The van der Waals surface area contributed by atoms with Gasteiger partial charge in [-0.25, -0.2) is 9.97 Å². The van der Waals surface area contributed by atoms with Crippen LogP contribution in [0.25, 0.3) is 22.3 Å². The molecule has 5 heteroatoms. The van der Waals surface area contributed by atoms with Gasteiger partial charge in [-0.1, -0.05) is 48.5 Å². The highest BCUT2D eigenvalue weighted by Gasteiger charge is 2.15. The van der Waals surface area contributed by atoms with Gasteiger partial charge in [-0.05, 0) is 36.2 Å². The van der Waals surface area contributed by atoms with Crippen LogP contribution in [0.2, 0.25) is 0 Å². The number of hydrogen-bond donors (Lipinski definition) is 2. The zero-order valence-corrected chi connectivity index (χ0v) is 15.6. The van der Waals surface area contributed by atoms with E-state index in [1.54, 1.807) is 12.1 Å². The monoisotopic (exact) mass is 371 g/mol. The maximum atomic E-state index is 10.5. The molecule has 1 heterocycles. The molecular weight excluding hydrogens is 350 g/mol. The highest BCUT2D eigenvalue weighted by molar-refractivity contribution is 5.91. The molecule has 0 radical (unpaired) electrons. The Balaban J connectivity index is 1.70. The number of fused-ring (bicyclic) bond motifs is 1. The largest absolute Gasteiger partial charge is 0.504 e. The van der Waals surface area contributed by atoms with E-state index in [0.717, 1.165) is 29.7 Å². The van der Waals surface area contributed by atoms with Crippen LogP contribution in [0.5, 0.6) is 11.5 Å². The lowest BCUT2D eigenvalue weighted by atomic mass is 10.1. The molecule has 0 saturated carbocycles. The molecule has 2 N–H and O–H groups in total. The molecule has 0 aliphatic rings. The van der Waals surface area contributed by atoms with Gasteiger partial charge in [0.05, 0.1) is 18.2 Å². The number of benzene rings is 3. The first-order valence-corrected chi connectivity index (χ1v) is 9.17. The maximum Gasteiger partial charge on any atom is 0.168 e. The van der Waals surface area contributed by atoms with Gasteiger partial charge in [0.15, 0.2) is 17.3 Å². The molecule has 3 aromatic carbocycles. The zero-order chi connectivity index (χ0) is 19.3. The molecular formula is C23H21N3O2. The Morgan fingerprint density at radius 2 is 1.68 bits per heavy atom. The van der Waals surface area contributed by atoms with E-state index in [4.69, 9.17) is 9.72 Å². The van der Waals surface area contributed by atoms with Crippen molar-refractivity contribution < 1.29 is 9.84 Å². The molecule has 0 aliphatic carbocycles. The third-order valence-corrected chi connectivity index (χ3v) is 4.61. The molecule has 0 fully saturated rings. The van der Waals surface area contributed by atoms with Crippen molar-refractivity contribution in [1.82, 2.24) is 9.97 Å². The second-order valence-corrected chi connectivity index (χ2v) is 6.43. The lowest BCUT2D eigenvalue weighted by Gasteiger charge is -2.12. The van der Waals surface area contributed by atoms with Gasteiger partial charge in [0.1, 0.15) is 5.82 Å². The number of aromatic nitrogens is 2. The van der Waals surface area contributed by atoms with Crippen LogP contribution >= 0.6 is 0 Å². The van der Waals surface area contributed by atoms with Crippen molar-refractivity contribution >= 4 is 16.7 Å². The van der Waals surface area contributed by atoms with Gasteiger partial charge in [0.2, 0.25) is 0 Å². The fraction of sp³-hybridized carbons (Fsp3) is 0.130. The van der Waals surface area contributed by atoms with Crippen molar-refractivity contribution in [3.63, 3.8) is 0 Å².